The Morgan fingerprint density at radius 1 is 1.22 bits per heavy atom. The maximum atomic E-state index is 13.2. The van der Waals surface area contributed by atoms with Crippen molar-refractivity contribution in [1.29, 1.82) is 0 Å². The van der Waals surface area contributed by atoms with Crippen LogP contribution in [0.4, 0.5) is 13.2 Å². The average molecular weight is 566 g/mol. The molecular weight excluding hydrogens is 536 g/mol. The molecule has 2 heterocycles. The lowest BCUT2D eigenvalue weighted by Crippen LogP contribution is -2.42. The molecule has 1 aromatic carbocycles. The molecule has 1 aliphatic rings. The predicted octanol–water partition coefficient (Wildman–Crippen LogP) is 3.57. The standard InChI is InChI=1S/C21H29F3N6O.HI/c1-25-20(26-12-15-14-29(2)28-19(15)21(22,23)24)27-13-17(30-10-6-7-11-30)16-8-4-5-9-18(16)31-3;/h4-5,8-9,14,17H,6-7,10-13H2,1-3H3,(H2,25,26,27);1H. The molecule has 0 spiro atoms. The highest BCUT2D eigenvalue weighted by Gasteiger charge is 2.36. The Morgan fingerprint density at radius 2 is 1.91 bits per heavy atom. The zero-order chi connectivity index (χ0) is 22.4. The van der Waals surface area contributed by atoms with Crippen molar-refractivity contribution >= 4 is 29.9 Å². The Kier molecular flexibility index (Phi) is 9.62. The number of methoxy groups -OCH3 is 1. The zero-order valence-corrected chi connectivity index (χ0v) is 20.8. The van der Waals surface area contributed by atoms with Gasteiger partial charge in [0.25, 0.3) is 0 Å². The van der Waals surface area contributed by atoms with Crippen LogP contribution in [0.5, 0.6) is 5.75 Å². The maximum Gasteiger partial charge on any atom is 0.435 e. The second kappa shape index (κ2) is 11.7. The summed E-state index contributed by atoms with van der Waals surface area (Å²) in [6.07, 6.45) is -0.857. The summed E-state index contributed by atoms with van der Waals surface area (Å²) in [5.41, 5.74) is 0.252. The lowest BCUT2D eigenvalue weighted by atomic mass is 10.0. The van der Waals surface area contributed by atoms with Crippen molar-refractivity contribution in [3.8, 4) is 5.75 Å². The summed E-state index contributed by atoms with van der Waals surface area (Å²) in [7, 11) is 4.72. The average Bonchev–Trinajstić information content (AvgIpc) is 3.40. The van der Waals surface area contributed by atoms with Crippen LogP contribution >= 0.6 is 24.0 Å². The smallest absolute Gasteiger partial charge is 0.435 e. The van der Waals surface area contributed by atoms with E-state index in [1.165, 1.54) is 17.9 Å². The van der Waals surface area contributed by atoms with Crippen LogP contribution in [-0.4, -0.2) is 54.4 Å². The van der Waals surface area contributed by atoms with Gasteiger partial charge in [0.1, 0.15) is 5.75 Å². The van der Waals surface area contributed by atoms with Gasteiger partial charge in [0, 0.05) is 44.5 Å². The van der Waals surface area contributed by atoms with Gasteiger partial charge < -0.3 is 15.4 Å². The van der Waals surface area contributed by atoms with E-state index >= 15 is 0 Å². The highest BCUT2D eigenvalue weighted by Crippen LogP contribution is 2.32. The number of ether oxygens (including phenoxy) is 1. The van der Waals surface area contributed by atoms with E-state index in [1.807, 2.05) is 24.3 Å². The van der Waals surface area contributed by atoms with Crippen molar-refractivity contribution in [2.24, 2.45) is 12.0 Å². The minimum atomic E-state index is -4.50. The lowest BCUT2D eigenvalue weighted by Gasteiger charge is -2.30. The number of hydrogen-bond donors (Lipinski definition) is 2. The number of nitrogens with one attached hydrogen (secondary N) is 2. The third-order valence-electron chi connectivity index (χ3n) is 5.39. The van der Waals surface area contributed by atoms with E-state index in [1.54, 1.807) is 14.2 Å². The SMILES string of the molecule is CN=C(NCc1cn(C)nc1C(F)(F)F)NCC(c1ccccc1OC)N1CCCC1.I. The number of benzene rings is 1. The monoisotopic (exact) mass is 566 g/mol. The first-order valence-electron chi connectivity index (χ1n) is 10.2. The summed E-state index contributed by atoms with van der Waals surface area (Å²) in [5.74, 6) is 1.24. The summed E-state index contributed by atoms with van der Waals surface area (Å²) in [5, 5.41) is 9.78. The first kappa shape index (κ1) is 26.2. The number of aromatic nitrogens is 2. The van der Waals surface area contributed by atoms with Gasteiger partial charge in [-0.15, -0.1) is 24.0 Å². The van der Waals surface area contributed by atoms with Gasteiger partial charge in [-0.3, -0.25) is 14.6 Å². The van der Waals surface area contributed by atoms with Crippen LogP contribution in [0.2, 0.25) is 0 Å². The number of nitrogens with zero attached hydrogens (tertiary/aromatic N) is 4. The normalized spacial score (nSPS) is 15.9. The van der Waals surface area contributed by atoms with Gasteiger partial charge in [0.05, 0.1) is 13.2 Å². The highest BCUT2D eigenvalue weighted by atomic mass is 127. The van der Waals surface area contributed by atoms with Gasteiger partial charge in [-0.25, -0.2) is 0 Å². The van der Waals surface area contributed by atoms with Crippen LogP contribution in [0.25, 0.3) is 0 Å². The fraction of sp³-hybridized carbons (Fsp3) is 0.524. The van der Waals surface area contributed by atoms with Gasteiger partial charge in [-0.05, 0) is 32.0 Å². The lowest BCUT2D eigenvalue weighted by molar-refractivity contribution is -0.142. The molecular formula is C21H30F3IN6O. The fourth-order valence-electron chi connectivity index (χ4n) is 3.93. The van der Waals surface area contributed by atoms with E-state index in [4.69, 9.17) is 4.74 Å². The molecule has 1 aliphatic heterocycles. The van der Waals surface area contributed by atoms with Gasteiger partial charge in [0.15, 0.2) is 11.7 Å². The van der Waals surface area contributed by atoms with Crippen LogP contribution in [0.3, 0.4) is 0 Å². The summed E-state index contributed by atoms with van der Waals surface area (Å²) < 4.78 is 46.3. The Morgan fingerprint density at radius 3 is 2.53 bits per heavy atom. The zero-order valence-electron chi connectivity index (χ0n) is 18.4. The first-order chi connectivity index (χ1) is 14.8. The Hall–Kier alpha value is -2.02. The minimum Gasteiger partial charge on any atom is -0.496 e. The largest absolute Gasteiger partial charge is 0.496 e. The molecule has 1 atom stereocenters. The molecule has 0 amide bonds. The summed E-state index contributed by atoms with van der Waals surface area (Å²) in [4.78, 5) is 6.56. The van der Waals surface area contributed by atoms with E-state index in [2.05, 4.69) is 25.6 Å². The van der Waals surface area contributed by atoms with E-state index in [-0.39, 0.29) is 42.1 Å². The van der Waals surface area contributed by atoms with Gasteiger partial charge >= 0.3 is 6.18 Å². The topological polar surface area (TPSA) is 66.7 Å². The molecule has 32 heavy (non-hydrogen) atoms. The number of hydrogen-bond acceptors (Lipinski definition) is 4. The summed E-state index contributed by atoms with van der Waals surface area (Å²) in [6.45, 7) is 2.48. The quantitative estimate of drug-likeness (QED) is 0.305. The molecule has 0 aliphatic carbocycles. The van der Waals surface area contributed by atoms with Crippen LogP contribution in [0.1, 0.15) is 35.7 Å². The van der Waals surface area contributed by atoms with Crippen LogP contribution in [0.15, 0.2) is 35.5 Å². The van der Waals surface area contributed by atoms with Gasteiger partial charge in [-0.2, -0.15) is 18.3 Å². The molecule has 11 heteroatoms. The fourth-order valence-corrected chi connectivity index (χ4v) is 3.93. The van der Waals surface area contributed by atoms with Gasteiger partial charge in [0.2, 0.25) is 0 Å². The van der Waals surface area contributed by atoms with E-state index in [0.717, 1.165) is 37.2 Å². The van der Waals surface area contributed by atoms with Crippen LogP contribution < -0.4 is 15.4 Å². The predicted molar refractivity (Wildman–Crippen MR) is 128 cm³/mol. The number of guanidine groups is 1. The molecule has 1 unspecified atom stereocenters. The van der Waals surface area contributed by atoms with Gasteiger partial charge in [-0.1, -0.05) is 18.2 Å². The number of alkyl halides is 3. The molecule has 2 aromatic rings. The number of aliphatic imine (C=N–C) groups is 1. The van der Waals surface area contributed by atoms with Crippen molar-refractivity contribution in [1.82, 2.24) is 25.3 Å². The molecule has 1 saturated heterocycles. The van der Waals surface area contributed by atoms with E-state index in [9.17, 15) is 13.2 Å². The van der Waals surface area contributed by atoms with Crippen molar-refractivity contribution < 1.29 is 17.9 Å². The van der Waals surface area contributed by atoms with E-state index in [0.29, 0.717) is 12.5 Å². The minimum absolute atomic E-state index is 0. The van der Waals surface area contributed by atoms with Crippen molar-refractivity contribution in [3.05, 3.63) is 47.3 Å². The molecule has 178 valence electrons. The molecule has 0 bridgehead atoms. The van der Waals surface area contributed by atoms with Crippen molar-refractivity contribution in [3.63, 3.8) is 0 Å². The Balaban J connectivity index is 0.00000363. The second-order valence-corrected chi connectivity index (χ2v) is 7.48. The van der Waals surface area contributed by atoms with Crippen molar-refractivity contribution in [2.75, 3.05) is 33.8 Å². The van der Waals surface area contributed by atoms with Crippen LogP contribution in [0, 0.1) is 0 Å². The number of aryl methyl sites for hydroxylation is 1. The first-order valence-corrected chi connectivity index (χ1v) is 10.2. The number of likely N-dealkylation sites (tertiary alicyclic amines) is 1. The molecule has 0 saturated carbocycles. The Labute approximate surface area is 203 Å². The third-order valence-corrected chi connectivity index (χ3v) is 5.39. The van der Waals surface area contributed by atoms with E-state index < -0.39 is 11.9 Å². The maximum absolute atomic E-state index is 13.2. The summed E-state index contributed by atoms with van der Waals surface area (Å²) in [6, 6.07) is 7.96. The number of halogens is 4. The summed E-state index contributed by atoms with van der Waals surface area (Å²) >= 11 is 0. The molecule has 3 rings (SSSR count). The second-order valence-electron chi connectivity index (χ2n) is 7.48. The third kappa shape index (κ3) is 6.50. The highest BCUT2D eigenvalue weighted by molar-refractivity contribution is 14.0. The molecule has 1 aromatic heterocycles. The molecule has 1 fully saturated rings. The number of para-hydroxylation sites is 1. The molecule has 0 radical (unpaired) electrons. The van der Waals surface area contributed by atoms with Crippen LogP contribution in [-0.2, 0) is 19.8 Å². The Bertz CT molecular complexity index is 896. The molecule has 2 N–H and O–H groups in total. The number of rotatable bonds is 7. The molecule has 7 nitrogen and oxygen atoms in total. The van der Waals surface area contributed by atoms with Crippen molar-refractivity contribution in [2.45, 2.75) is 31.6 Å².